The summed E-state index contributed by atoms with van der Waals surface area (Å²) in [5, 5.41) is 0. The fourth-order valence-electron chi connectivity index (χ4n) is 0. The molecular weight excluding hydrogens is 476 g/mol. The Morgan fingerprint density at radius 3 is 0.500 bits per heavy atom. The maximum absolute atomic E-state index is 0. The third kappa shape index (κ3) is 8.83. The number of hydrogen-bond acceptors (Lipinski definition) is 0. The van der Waals surface area contributed by atoms with Crippen LogP contribution in [0.1, 0.15) is 0 Å². The molecular formula is P2Pb2-6. The smallest absolute Gasteiger partial charge is 0 e. The minimum atomic E-state index is 0. The molecule has 0 aromatic carbocycles. The first-order valence-electron chi connectivity index (χ1n) is 0. The maximum atomic E-state index is 0. The van der Waals surface area contributed by atoms with Gasteiger partial charge in [0.2, 0.25) is 0 Å². The van der Waals surface area contributed by atoms with Crippen LogP contribution in [0.2, 0.25) is 0 Å². The predicted octanol–water partition coefficient (Wildman–Crippen LogP) is 0.961. The number of rotatable bonds is 0. The Morgan fingerprint density at radius 1 is 0.500 bits per heavy atom. The molecule has 0 spiro atoms. The van der Waals surface area contributed by atoms with Crippen LogP contribution in [0.4, 0.5) is 0 Å². The van der Waals surface area contributed by atoms with E-state index in [0.717, 1.165) is 0 Å². The van der Waals surface area contributed by atoms with E-state index in [1.54, 1.807) is 0 Å². The van der Waals surface area contributed by atoms with Gasteiger partial charge >= 0.3 is 0 Å². The molecule has 0 fully saturated rings. The quantitative estimate of drug-likeness (QED) is 0.361. The molecule has 0 aliphatic carbocycles. The van der Waals surface area contributed by atoms with Crippen molar-refractivity contribution in [2.45, 2.75) is 0 Å². The topological polar surface area (TPSA) is 0 Å². The van der Waals surface area contributed by atoms with Crippen molar-refractivity contribution in [1.29, 1.82) is 0 Å². The second-order valence-electron chi connectivity index (χ2n) is 0. The van der Waals surface area contributed by atoms with Gasteiger partial charge in [-0.2, -0.15) is 0 Å². The standard InChI is InChI=1S/2P.2Pb/q2*-3;;. The third-order valence-corrected chi connectivity index (χ3v) is 0. The van der Waals surface area contributed by atoms with Crippen LogP contribution in [-0.2, 0) is 0 Å². The van der Waals surface area contributed by atoms with E-state index in [9.17, 15) is 0 Å². The molecule has 0 aliphatic heterocycles. The molecule has 0 saturated carbocycles. The van der Waals surface area contributed by atoms with E-state index >= 15 is 0 Å². The first-order valence-corrected chi connectivity index (χ1v) is 0. The first-order chi connectivity index (χ1) is 0. The predicted molar refractivity (Wildman–Crippen MR) is 25.3 cm³/mol. The van der Waals surface area contributed by atoms with Gasteiger partial charge in [0.15, 0.2) is 0 Å². The Morgan fingerprint density at radius 2 is 0.500 bits per heavy atom. The second kappa shape index (κ2) is 17.3. The summed E-state index contributed by atoms with van der Waals surface area (Å²) in [7, 11) is 0. The van der Waals surface area contributed by atoms with Crippen LogP contribution in [0.3, 0.4) is 0 Å². The van der Waals surface area contributed by atoms with Gasteiger partial charge in [-0.05, 0) is 0 Å². The van der Waals surface area contributed by atoms with Crippen molar-refractivity contribution in [3.63, 3.8) is 0 Å². The molecule has 0 rings (SSSR count). The van der Waals surface area contributed by atoms with Gasteiger partial charge in [0, 0.05) is 54.6 Å². The largest absolute Gasteiger partial charge is 3.00 e. The van der Waals surface area contributed by atoms with Crippen LogP contribution < -0.4 is 0 Å². The fourth-order valence-corrected chi connectivity index (χ4v) is 0. The molecule has 0 aliphatic rings. The molecule has 0 aromatic rings. The number of hydrogen-bond donors (Lipinski definition) is 0. The summed E-state index contributed by atoms with van der Waals surface area (Å²) in [4.78, 5) is 0. The van der Waals surface area contributed by atoms with E-state index in [2.05, 4.69) is 0 Å². The average molecular weight is 476 g/mol. The van der Waals surface area contributed by atoms with Gasteiger partial charge in [-0.3, -0.25) is 0 Å². The van der Waals surface area contributed by atoms with E-state index in [4.69, 9.17) is 0 Å². The van der Waals surface area contributed by atoms with Crippen molar-refractivity contribution in [1.82, 2.24) is 0 Å². The van der Waals surface area contributed by atoms with Gasteiger partial charge in [-0.15, -0.1) is 0 Å². The van der Waals surface area contributed by atoms with Gasteiger partial charge in [0.1, 0.15) is 0 Å². The van der Waals surface area contributed by atoms with Gasteiger partial charge in [0.05, 0.1) is 0 Å². The maximum Gasteiger partial charge on any atom is 0 e. The second-order valence-corrected chi connectivity index (χ2v) is 0. The van der Waals surface area contributed by atoms with Crippen LogP contribution in [0, 0.1) is 0 Å². The van der Waals surface area contributed by atoms with Crippen molar-refractivity contribution < 1.29 is 0 Å². The van der Waals surface area contributed by atoms with Gasteiger partial charge < -0.3 is 19.8 Å². The van der Waals surface area contributed by atoms with Crippen molar-refractivity contribution in [2.75, 3.05) is 0 Å². The SMILES string of the molecule is [P-3].[P-3].[Pb].[Pb]. The minimum absolute atomic E-state index is 0. The third-order valence-electron chi connectivity index (χ3n) is 0. The first kappa shape index (κ1) is 29.8. The monoisotopic (exact) mass is 478 g/mol. The molecule has 0 bridgehead atoms. The molecule has 0 amide bonds. The fraction of sp³-hybridized carbons (Fsp3) is 0. The summed E-state index contributed by atoms with van der Waals surface area (Å²) < 4.78 is 0. The van der Waals surface area contributed by atoms with Crippen LogP contribution in [0.5, 0.6) is 0 Å². The zero-order valence-electron chi connectivity index (χ0n) is 1.89. The summed E-state index contributed by atoms with van der Waals surface area (Å²) in [5.41, 5.74) is 0. The average Bonchev–Trinajstić information content (AvgIpc) is 0. The van der Waals surface area contributed by atoms with Crippen molar-refractivity contribution >= 4 is 74.4 Å². The minimum Gasteiger partial charge on any atom is -3.00 e. The van der Waals surface area contributed by atoms with Gasteiger partial charge in [-0.25, -0.2) is 0 Å². The Bertz CT molecular complexity index is 4.00. The molecule has 0 heterocycles. The zero-order chi connectivity index (χ0) is 0. The molecule has 0 saturated heterocycles. The Balaban J connectivity index is 0. The molecule has 0 aromatic heterocycles. The molecule has 24 valence electrons. The molecule has 0 nitrogen and oxygen atoms in total. The molecule has 8 radical (unpaired) electrons. The summed E-state index contributed by atoms with van der Waals surface area (Å²) in [6.07, 6.45) is 0. The van der Waals surface area contributed by atoms with Crippen LogP contribution >= 0.6 is 19.8 Å². The molecule has 0 unspecified atom stereocenters. The van der Waals surface area contributed by atoms with Crippen LogP contribution in [0.25, 0.3) is 0 Å². The van der Waals surface area contributed by atoms with Gasteiger partial charge in [0.25, 0.3) is 0 Å². The molecule has 0 N–H and O–H groups in total. The van der Waals surface area contributed by atoms with Gasteiger partial charge in [-0.1, -0.05) is 0 Å². The van der Waals surface area contributed by atoms with E-state index < -0.39 is 0 Å². The van der Waals surface area contributed by atoms with Crippen LogP contribution in [-0.4, -0.2) is 54.6 Å². The van der Waals surface area contributed by atoms with E-state index in [-0.39, 0.29) is 74.4 Å². The summed E-state index contributed by atoms with van der Waals surface area (Å²) in [6, 6.07) is 0. The summed E-state index contributed by atoms with van der Waals surface area (Å²) in [5.74, 6) is 0. The Labute approximate surface area is 73.4 Å². The Hall–Kier alpha value is 2.70. The van der Waals surface area contributed by atoms with Crippen LogP contribution in [0.15, 0.2) is 0 Å². The normalized spacial score (nSPS) is 0. The van der Waals surface area contributed by atoms with Crippen molar-refractivity contribution in [2.24, 2.45) is 0 Å². The summed E-state index contributed by atoms with van der Waals surface area (Å²) >= 11 is 0. The Kier molecular flexibility index (Phi) is 129. The zero-order valence-corrected chi connectivity index (χ0v) is 11.5. The van der Waals surface area contributed by atoms with Crippen molar-refractivity contribution in [3.05, 3.63) is 0 Å². The van der Waals surface area contributed by atoms with E-state index in [1.807, 2.05) is 0 Å². The summed E-state index contributed by atoms with van der Waals surface area (Å²) in [6.45, 7) is 0. The molecule has 4 heavy (non-hydrogen) atoms. The van der Waals surface area contributed by atoms with E-state index in [0.29, 0.717) is 0 Å². The molecule has 4 heteroatoms. The van der Waals surface area contributed by atoms with Crippen molar-refractivity contribution in [3.8, 4) is 0 Å². The van der Waals surface area contributed by atoms with E-state index in [1.165, 1.54) is 0 Å². The molecule has 0 atom stereocenters.